The number of hydrogen-bond acceptors (Lipinski definition) is 5. The first-order valence-corrected chi connectivity index (χ1v) is 10.9. The number of methoxy groups -OCH3 is 1. The van der Waals surface area contributed by atoms with Crippen LogP contribution < -0.4 is 18.7 Å². The molecule has 0 N–H and O–H groups in total. The summed E-state index contributed by atoms with van der Waals surface area (Å²) < 4.78 is 44.4. The number of halogens is 1. The fourth-order valence-electron chi connectivity index (χ4n) is 2.63. The topological polar surface area (TPSA) is 87.6 Å². The lowest BCUT2D eigenvalue weighted by molar-refractivity contribution is -1.91. The molecule has 150 valence electrons. The van der Waals surface area contributed by atoms with Crippen molar-refractivity contribution in [2.75, 3.05) is 7.11 Å². The standard InChI is InChI=1S/C20H27ClO5S/c1-19(2,3)17-12-15(14-8-10-16(25-7)11-9-14)13-18(20(4,5)6)27(17)26-21(22,23)24/h8-13H,1-7H3. The molecule has 1 heterocycles. The average Bonchev–Trinajstić information content (AvgIpc) is 2.51. The molecule has 2 rings (SSSR count). The molecule has 0 radical (unpaired) electrons. The summed E-state index contributed by atoms with van der Waals surface area (Å²) in [6.45, 7) is 11.9. The molecule has 1 atom stereocenters. The van der Waals surface area contributed by atoms with E-state index >= 15 is 0 Å². The molecule has 0 bridgehead atoms. The van der Waals surface area contributed by atoms with Crippen LogP contribution in [0, 0.1) is 21.1 Å². The Hall–Kier alpha value is -1.15. The molecule has 0 amide bonds. The third kappa shape index (κ3) is 5.67. The molecule has 1 aromatic rings. The number of benzene rings is 1. The number of ether oxygens (including phenoxy) is 1. The monoisotopic (exact) mass is 414 g/mol. The van der Waals surface area contributed by atoms with Gasteiger partial charge < -0.3 is 4.74 Å². The van der Waals surface area contributed by atoms with E-state index in [-0.39, 0.29) is 10.8 Å². The Bertz CT molecular complexity index is 788. The zero-order valence-electron chi connectivity index (χ0n) is 16.8. The lowest BCUT2D eigenvalue weighted by Gasteiger charge is -2.32. The third-order valence-electron chi connectivity index (χ3n) is 4.01. The van der Waals surface area contributed by atoms with Crippen LogP contribution in [0.5, 0.6) is 5.75 Å². The first-order chi connectivity index (χ1) is 12.2. The van der Waals surface area contributed by atoms with E-state index in [0.29, 0.717) is 0 Å². The molecule has 1 unspecified atom stereocenters. The number of hydrogen-bond donors (Lipinski definition) is 0. The van der Waals surface area contributed by atoms with E-state index in [9.17, 15) is 14.0 Å². The molecule has 1 aromatic carbocycles. The van der Waals surface area contributed by atoms with Gasteiger partial charge in [0, 0.05) is 9.77 Å². The van der Waals surface area contributed by atoms with E-state index < -0.39 is 21.0 Å². The molecule has 0 spiro atoms. The number of rotatable bonds is 4. The first kappa shape index (κ1) is 22.1. The van der Waals surface area contributed by atoms with Gasteiger partial charge in [0.25, 0.3) is 0 Å². The van der Waals surface area contributed by atoms with Gasteiger partial charge in [-0.15, -0.1) is 0 Å². The Balaban J connectivity index is 2.71. The summed E-state index contributed by atoms with van der Waals surface area (Å²) in [7, 11) is -4.20. The zero-order valence-corrected chi connectivity index (χ0v) is 18.4. The minimum absolute atomic E-state index is 0.383. The predicted octanol–water partition coefficient (Wildman–Crippen LogP) is 2.34. The molecule has 0 saturated heterocycles. The fraction of sp³-hybridized carbons (Fsp3) is 0.450. The maximum Gasteiger partial charge on any atom is 0.141 e. The van der Waals surface area contributed by atoms with Gasteiger partial charge in [0.15, 0.2) is 0 Å². The molecule has 27 heavy (non-hydrogen) atoms. The lowest BCUT2D eigenvalue weighted by atomic mass is 9.88. The molecule has 1 aliphatic rings. The Kier molecular flexibility index (Phi) is 6.31. The van der Waals surface area contributed by atoms with Crippen LogP contribution in [-0.2, 0) is 3.74 Å². The highest BCUT2D eigenvalue weighted by Gasteiger charge is 2.38. The molecule has 0 aromatic heterocycles. The second-order valence-corrected chi connectivity index (χ2v) is 11.1. The van der Waals surface area contributed by atoms with E-state index in [1.165, 1.54) is 0 Å². The second kappa shape index (κ2) is 7.70. The quantitative estimate of drug-likeness (QED) is 0.705. The average molecular weight is 415 g/mol. The molecule has 1 aliphatic heterocycles. The summed E-state index contributed by atoms with van der Waals surface area (Å²) >= 11 is 0. The van der Waals surface area contributed by atoms with Crippen molar-refractivity contribution in [2.24, 2.45) is 10.8 Å². The van der Waals surface area contributed by atoms with E-state index in [2.05, 4.69) is 0 Å². The molecular formula is C20H27ClO5S. The molecule has 0 fully saturated rings. The van der Waals surface area contributed by atoms with Gasteiger partial charge in [0.1, 0.15) is 20.3 Å². The summed E-state index contributed by atoms with van der Waals surface area (Å²) in [4.78, 5) is 1.54. The Labute approximate surface area is 166 Å². The van der Waals surface area contributed by atoms with Gasteiger partial charge >= 0.3 is 0 Å². The van der Waals surface area contributed by atoms with Crippen molar-refractivity contribution in [1.29, 1.82) is 0 Å². The van der Waals surface area contributed by atoms with E-state index in [1.54, 1.807) is 7.11 Å². The highest BCUT2D eigenvalue weighted by atomic mass is 35.7. The van der Waals surface area contributed by atoms with Gasteiger partial charge in [-0.3, -0.25) is 0 Å². The van der Waals surface area contributed by atoms with Crippen LogP contribution >= 0.6 is 10.8 Å². The van der Waals surface area contributed by atoms with E-state index in [4.69, 9.17) is 8.47 Å². The summed E-state index contributed by atoms with van der Waals surface area (Å²) in [6.07, 6.45) is 3.86. The maximum atomic E-state index is 11.4. The molecule has 5 nitrogen and oxygen atoms in total. The number of allylic oxidation sites excluding steroid dienone is 4. The summed E-state index contributed by atoms with van der Waals surface area (Å²) in [6, 6.07) is 7.66. The second-order valence-electron chi connectivity index (χ2n) is 8.41. The normalized spacial score (nSPS) is 18.9. The third-order valence-corrected chi connectivity index (χ3v) is 7.40. The van der Waals surface area contributed by atoms with Gasteiger partial charge in [-0.1, -0.05) is 53.7 Å². The van der Waals surface area contributed by atoms with Crippen LogP contribution in [0.25, 0.3) is 5.57 Å². The smallest absolute Gasteiger partial charge is 0.141 e. The Morgan fingerprint density at radius 3 is 1.81 bits per heavy atom. The predicted molar refractivity (Wildman–Crippen MR) is 102 cm³/mol. The van der Waals surface area contributed by atoms with Gasteiger partial charge in [0.05, 0.1) is 17.4 Å². The van der Waals surface area contributed by atoms with Gasteiger partial charge in [-0.2, -0.15) is 14.0 Å². The molecular weight excluding hydrogens is 388 g/mol. The summed E-state index contributed by atoms with van der Waals surface area (Å²) in [5, 5.41) is 0. The zero-order chi connectivity index (χ0) is 20.6. The van der Waals surface area contributed by atoms with Gasteiger partial charge in [0.2, 0.25) is 0 Å². The lowest BCUT2D eigenvalue weighted by Crippen LogP contribution is -2.60. The van der Waals surface area contributed by atoms with Crippen LogP contribution in [0.4, 0.5) is 0 Å². The van der Waals surface area contributed by atoms with Crippen LogP contribution in [0.3, 0.4) is 0 Å². The largest absolute Gasteiger partial charge is 0.497 e. The Morgan fingerprint density at radius 1 is 0.852 bits per heavy atom. The van der Waals surface area contributed by atoms with E-state index in [1.807, 2.05) is 78.0 Å². The van der Waals surface area contributed by atoms with Crippen molar-refractivity contribution in [2.45, 2.75) is 41.5 Å². The summed E-state index contributed by atoms with van der Waals surface area (Å²) in [5.41, 5.74) is 1.15. The van der Waals surface area contributed by atoms with Crippen molar-refractivity contribution in [3.63, 3.8) is 0 Å². The van der Waals surface area contributed by atoms with Crippen molar-refractivity contribution in [3.05, 3.63) is 46.9 Å². The molecule has 7 heteroatoms. The Morgan fingerprint density at radius 2 is 1.41 bits per heavy atom. The first-order valence-electron chi connectivity index (χ1n) is 8.53. The maximum absolute atomic E-state index is 11.4. The minimum atomic E-state index is -4.55. The van der Waals surface area contributed by atoms with Crippen molar-refractivity contribution in [1.82, 2.24) is 0 Å². The summed E-state index contributed by atoms with van der Waals surface area (Å²) in [5.74, 6) is 0.759. The van der Waals surface area contributed by atoms with Gasteiger partial charge in [-0.05, 0) is 46.3 Å². The van der Waals surface area contributed by atoms with Crippen LogP contribution in [-0.4, -0.2) is 12.0 Å². The van der Waals surface area contributed by atoms with Crippen LogP contribution in [0.15, 0.2) is 41.3 Å². The van der Waals surface area contributed by atoms with Crippen LogP contribution in [0.1, 0.15) is 47.1 Å². The van der Waals surface area contributed by atoms with Crippen molar-refractivity contribution < 1.29 is 32.7 Å². The van der Waals surface area contributed by atoms with E-state index in [0.717, 1.165) is 26.7 Å². The minimum Gasteiger partial charge on any atom is -0.497 e. The highest BCUT2D eigenvalue weighted by molar-refractivity contribution is 8.15. The highest BCUT2D eigenvalue weighted by Crippen LogP contribution is 2.49. The molecule has 0 saturated carbocycles. The fourth-order valence-corrected chi connectivity index (χ4v) is 5.61. The SMILES string of the molecule is COc1ccc(C2=CC(C(C)(C)C)=S(O[Cl+3]([O-])([O-])[O-])C(C(C)(C)C)=C2)cc1. The van der Waals surface area contributed by atoms with Crippen LogP contribution in [0.2, 0.25) is 0 Å². The molecule has 0 aliphatic carbocycles. The van der Waals surface area contributed by atoms with Crippen molar-refractivity contribution >= 4 is 21.2 Å². The van der Waals surface area contributed by atoms with Gasteiger partial charge in [-0.25, -0.2) is 0 Å². The van der Waals surface area contributed by atoms with Crippen molar-refractivity contribution in [3.8, 4) is 5.75 Å².